The molecule has 3 N–H and O–H groups in total. The van der Waals surface area contributed by atoms with E-state index in [2.05, 4.69) is 5.32 Å². The summed E-state index contributed by atoms with van der Waals surface area (Å²) in [5, 5.41) is 13.4. The van der Waals surface area contributed by atoms with Gasteiger partial charge in [0.2, 0.25) is 0 Å². The van der Waals surface area contributed by atoms with Crippen molar-refractivity contribution in [1.82, 2.24) is 0 Å². The Kier molecular flexibility index (Phi) is 4.93. The Morgan fingerprint density at radius 2 is 2.17 bits per heavy atom. The molecule has 8 heteroatoms. The SMILES string of the molecule is CC(OC(=O)c1ccc(F)cc1N)C(=O)Nc1sccc1C#N. The number of amides is 1. The summed E-state index contributed by atoms with van der Waals surface area (Å²) in [6.07, 6.45) is -1.11. The van der Waals surface area contributed by atoms with Crippen LogP contribution >= 0.6 is 11.3 Å². The summed E-state index contributed by atoms with van der Waals surface area (Å²) in [4.78, 5) is 24.0. The van der Waals surface area contributed by atoms with Gasteiger partial charge in [0.15, 0.2) is 6.10 Å². The van der Waals surface area contributed by atoms with E-state index in [1.165, 1.54) is 24.3 Å². The number of nitrogens with two attached hydrogens (primary N) is 1. The summed E-state index contributed by atoms with van der Waals surface area (Å²) in [6.45, 7) is 1.38. The molecular formula is C15H12FN3O3S. The fourth-order valence-corrected chi connectivity index (χ4v) is 2.45. The molecule has 0 saturated heterocycles. The van der Waals surface area contributed by atoms with Gasteiger partial charge in [-0.1, -0.05) is 0 Å². The van der Waals surface area contributed by atoms with E-state index in [1.54, 1.807) is 11.4 Å². The van der Waals surface area contributed by atoms with Gasteiger partial charge in [-0.05, 0) is 36.6 Å². The molecule has 2 aromatic rings. The van der Waals surface area contributed by atoms with Crippen LogP contribution in [0.15, 0.2) is 29.6 Å². The first kappa shape index (κ1) is 16.5. The van der Waals surface area contributed by atoms with Crippen LogP contribution in [0.1, 0.15) is 22.8 Å². The van der Waals surface area contributed by atoms with E-state index >= 15 is 0 Å². The number of halogens is 1. The molecule has 0 fully saturated rings. The van der Waals surface area contributed by atoms with Gasteiger partial charge in [-0.2, -0.15) is 5.26 Å². The molecular weight excluding hydrogens is 321 g/mol. The van der Waals surface area contributed by atoms with Crippen molar-refractivity contribution in [2.75, 3.05) is 11.1 Å². The standard InChI is InChI=1S/C15H12FN3O3S/c1-8(13(20)19-14-9(7-17)4-5-23-14)22-15(21)11-3-2-10(16)6-12(11)18/h2-6,8H,18H2,1H3,(H,19,20). The number of esters is 1. The summed E-state index contributed by atoms with van der Waals surface area (Å²) >= 11 is 1.18. The van der Waals surface area contributed by atoms with Crippen LogP contribution in [-0.2, 0) is 9.53 Å². The largest absolute Gasteiger partial charge is 0.449 e. The second-order valence-corrected chi connectivity index (χ2v) is 5.46. The van der Waals surface area contributed by atoms with Crippen molar-refractivity contribution in [1.29, 1.82) is 5.26 Å². The first-order valence-electron chi connectivity index (χ1n) is 6.47. The zero-order valence-electron chi connectivity index (χ0n) is 12.0. The molecule has 1 amide bonds. The topological polar surface area (TPSA) is 105 Å². The summed E-state index contributed by atoms with van der Waals surface area (Å²) in [5.41, 5.74) is 5.77. The lowest BCUT2D eigenvalue weighted by atomic mass is 10.2. The first-order chi connectivity index (χ1) is 10.9. The molecule has 2 rings (SSSR count). The van der Waals surface area contributed by atoms with Gasteiger partial charge < -0.3 is 15.8 Å². The molecule has 1 aromatic carbocycles. The Labute approximate surface area is 135 Å². The smallest absolute Gasteiger partial charge is 0.341 e. The minimum absolute atomic E-state index is 0.0279. The minimum atomic E-state index is -1.11. The third-order valence-corrected chi connectivity index (χ3v) is 3.74. The van der Waals surface area contributed by atoms with Crippen LogP contribution in [0.2, 0.25) is 0 Å². The molecule has 0 aliphatic rings. The summed E-state index contributed by atoms with van der Waals surface area (Å²) < 4.78 is 18.0. The number of carbonyl (C=O) groups is 2. The normalized spacial score (nSPS) is 11.3. The highest BCUT2D eigenvalue weighted by molar-refractivity contribution is 7.14. The predicted molar refractivity (Wildman–Crippen MR) is 83.4 cm³/mol. The van der Waals surface area contributed by atoms with Gasteiger partial charge >= 0.3 is 5.97 Å². The summed E-state index contributed by atoms with van der Waals surface area (Å²) in [6, 6.07) is 6.75. The molecule has 23 heavy (non-hydrogen) atoms. The maximum atomic E-state index is 13.0. The van der Waals surface area contributed by atoms with Gasteiger partial charge in [-0.3, -0.25) is 4.79 Å². The molecule has 1 unspecified atom stereocenters. The van der Waals surface area contributed by atoms with E-state index in [9.17, 15) is 14.0 Å². The van der Waals surface area contributed by atoms with E-state index in [0.717, 1.165) is 12.1 Å². The number of hydrogen-bond acceptors (Lipinski definition) is 6. The van der Waals surface area contributed by atoms with E-state index in [1.807, 2.05) is 6.07 Å². The molecule has 0 aliphatic carbocycles. The number of rotatable bonds is 4. The van der Waals surface area contributed by atoms with Crippen molar-refractivity contribution in [3.63, 3.8) is 0 Å². The molecule has 1 atom stereocenters. The Morgan fingerprint density at radius 1 is 1.43 bits per heavy atom. The monoisotopic (exact) mass is 333 g/mol. The number of carbonyl (C=O) groups excluding carboxylic acids is 2. The third-order valence-electron chi connectivity index (χ3n) is 2.91. The van der Waals surface area contributed by atoms with Gasteiger partial charge in [0.25, 0.3) is 5.91 Å². The second kappa shape index (κ2) is 6.89. The highest BCUT2D eigenvalue weighted by Gasteiger charge is 2.21. The fourth-order valence-electron chi connectivity index (χ4n) is 1.70. The molecule has 0 aliphatic heterocycles. The highest BCUT2D eigenvalue weighted by Crippen LogP contribution is 2.22. The number of ether oxygens (including phenoxy) is 1. The lowest BCUT2D eigenvalue weighted by Crippen LogP contribution is -2.30. The zero-order valence-corrected chi connectivity index (χ0v) is 12.8. The van der Waals surface area contributed by atoms with Crippen LogP contribution in [0.5, 0.6) is 0 Å². The Morgan fingerprint density at radius 3 is 2.83 bits per heavy atom. The van der Waals surface area contributed by atoms with Crippen LogP contribution in [0.3, 0.4) is 0 Å². The lowest BCUT2D eigenvalue weighted by molar-refractivity contribution is -0.123. The molecule has 0 spiro atoms. The first-order valence-corrected chi connectivity index (χ1v) is 7.34. The van der Waals surface area contributed by atoms with Gasteiger partial charge in [0, 0.05) is 5.69 Å². The number of nitrogens with zero attached hydrogens (tertiary/aromatic N) is 1. The third kappa shape index (κ3) is 3.84. The summed E-state index contributed by atoms with van der Waals surface area (Å²) in [5.74, 6) is -2.00. The average molecular weight is 333 g/mol. The van der Waals surface area contributed by atoms with E-state index < -0.39 is 23.8 Å². The van der Waals surface area contributed by atoms with Crippen molar-refractivity contribution in [3.05, 3.63) is 46.6 Å². The number of anilines is 2. The van der Waals surface area contributed by atoms with Gasteiger partial charge in [-0.15, -0.1) is 11.3 Å². The van der Waals surface area contributed by atoms with E-state index in [0.29, 0.717) is 10.6 Å². The van der Waals surface area contributed by atoms with E-state index in [-0.39, 0.29) is 11.3 Å². The van der Waals surface area contributed by atoms with Crippen molar-refractivity contribution in [2.45, 2.75) is 13.0 Å². The van der Waals surface area contributed by atoms with Gasteiger partial charge in [0.05, 0.1) is 11.1 Å². The number of nitriles is 1. The highest BCUT2D eigenvalue weighted by atomic mass is 32.1. The maximum absolute atomic E-state index is 13.0. The van der Waals surface area contributed by atoms with Crippen molar-refractivity contribution in [2.24, 2.45) is 0 Å². The minimum Gasteiger partial charge on any atom is -0.449 e. The van der Waals surface area contributed by atoms with E-state index in [4.69, 9.17) is 15.7 Å². The maximum Gasteiger partial charge on any atom is 0.341 e. The number of benzene rings is 1. The van der Waals surface area contributed by atoms with Crippen LogP contribution in [0.4, 0.5) is 15.1 Å². The van der Waals surface area contributed by atoms with Crippen molar-refractivity contribution >= 4 is 33.9 Å². The van der Waals surface area contributed by atoms with Crippen LogP contribution in [0, 0.1) is 17.1 Å². The zero-order chi connectivity index (χ0) is 17.0. The average Bonchev–Trinajstić information content (AvgIpc) is 2.94. The Bertz CT molecular complexity index is 798. The number of thiophene rings is 1. The van der Waals surface area contributed by atoms with Crippen LogP contribution in [0.25, 0.3) is 0 Å². The molecule has 1 heterocycles. The lowest BCUT2D eigenvalue weighted by Gasteiger charge is -2.13. The summed E-state index contributed by atoms with van der Waals surface area (Å²) in [7, 11) is 0. The number of nitrogens with one attached hydrogen (secondary N) is 1. The molecule has 0 radical (unpaired) electrons. The predicted octanol–water partition coefficient (Wildman–Crippen LogP) is 2.53. The second-order valence-electron chi connectivity index (χ2n) is 4.54. The van der Waals surface area contributed by atoms with Crippen LogP contribution < -0.4 is 11.1 Å². The quantitative estimate of drug-likeness (QED) is 0.661. The fraction of sp³-hybridized carbons (Fsp3) is 0.133. The molecule has 0 saturated carbocycles. The number of hydrogen-bond donors (Lipinski definition) is 2. The Balaban J connectivity index is 2.03. The molecule has 118 valence electrons. The van der Waals surface area contributed by atoms with Crippen molar-refractivity contribution in [3.8, 4) is 6.07 Å². The molecule has 0 bridgehead atoms. The van der Waals surface area contributed by atoms with Crippen molar-refractivity contribution < 1.29 is 18.7 Å². The molecule has 6 nitrogen and oxygen atoms in total. The molecule has 1 aromatic heterocycles. The Hall–Kier alpha value is -2.92. The number of nitrogen functional groups attached to an aromatic ring is 1. The van der Waals surface area contributed by atoms with Crippen LogP contribution in [-0.4, -0.2) is 18.0 Å². The van der Waals surface area contributed by atoms with Gasteiger partial charge in [0.1, 0.15) is 16.9 Å². The van der Waals surface area contributed by atoms with Gasteiger partial charge in [-0.25, -0.2) is 9.18 Å².